The van der Waals surface area contributed by atoms with Gasteiger partial charge in [0.2, 0.25) is 5.91 Å². The van der Waals surface area contributed by atoms with Gasteiger partial charge in [-0.15, -0.1) is 0 Å². The summed E-state index contributed by atoms with van der Waals surface area (Å²) in [6.07, 6.45) is 5.89. The van der Waals surface area contributed by atoms with Crippen LogP contribution in [-0.4, -0.2) is 33.9 Å². The Morgan fingerprint density at radius 3 is 2.70 bits per heavy atom. The standard InChI is InChI=1S/C25H28N4O/c1-18-5-3-6-21(15-18)24-25(27-13-12-26-24)22-7-4-14-29(17-22)16-20-8-10-23(11-9-20)28-19(2)30/h3,5-6,8-13,15,22H,4,7,14,16-17H2,1-2H3,(H,28,30). The maximum atomic E-state index is 11.2. The predicted molar refractivity (Wildman–Crippen MR) is 120 cm³/mol. The Morgan fingerprint density at radius 2 is 1.93 bits per heavy atom. The van der Waals surface area contributed by atoms with Crippen LogP contribution < -0.4 is 5.32 Å². The summed E-state index contributed by atoms with van der Waals surface area (Å²) in [6, 6.07) is 16.6. The van der Waals surface area contributed by atoms with E-state index >= 15 is 0 Å². The molecule has 0 spiro atoms. The fourth-order valence-corrected chi connectivity index (χ4v) is 4.24. The Hall–Kier alpha value is -3.05. The number of anilines is 1. The third-order valence-corrected chi connectivity index (χ3v) is 5.59. The zero-order valence-electron chi connectivity index (χ0n) is 17.6. The number of carbonyl (C=O) groups is 1. The van der Waals surface area contributed by atoms with Gasteiger partial charge in [0.15, 0.2) is 0 Å². The SMILES string of the molecule is CC(=O)Nc1ccc(CN2CCCC(c3nccnc3-c3cccc(C)c3)C2)cc1. The normalized spacial score (nSPS) is 16.9. The van der Waals surface area contributed by atoms with Crippen LogP contribution in [0.25, 0.3) is 11.3 Å². The summed E-state index contributed by atoms with van der Waals surface area (Å²) in [4.78, 5) is 23.2. The quantitative estimate of drug-likeness (QED) is 0.669. The van der Waals surface area contributed by atoms with Gasteiger partial charge in [-0.05, 0) is 50.1 Å². The number of aryl methyl sites for hydroxylation is 1. The number of benzene rings is 2. The Bertz CT molecular complexity index is 1020. The van der Waals surface area contributed by atoms with Gasteiger partial charge in [0.1, 0.15) is 0 Å². The van der Waals surface area contributed by atoms with Gasteiger partial charge in [0.05, 0.1) is 11.4 Å². The Labute approximate surface area is 178 Å². The van der Waals surface area contributed by atoms with Crippen LogP contribution in [0.2, 0.25) is 0 Å². The molecule has 5 heteroatoms. The van der Waals surface area contributed by atoms with E-state index in [1.807, 2.05) is 18.3 Å². The highest BCUT2D eigenvalue weighted by Crippen LogP contribution is 2.32. The summed E-state index contributed by atoms with van der Waals surface area (Å²) in [5.74, 6) is 0.330. The van der Waals surface area contributed by atoms with E-state index in [0.29, 0.717) is 5.92 Å². The molecular formula is C25H28N4O. The Kier molecular flexibility index (Phi) is 6.19. The van der Waals surface area contributed by atoms with Crippen molar-refractivity contribution in [2.24, 2.45) is 0 Å². The summed E-state index contributed by atoms with van der Waals surface area (Å²) in [6.45, 7) is 6.60. The van der Waals surface area contributed by atoms with Crippen molar-refractivity contribution in [3.63, 3.8) is 0 Å². The van der Waals surface area contributed by atoms with Crippen LogP contribution in [0, 0.1) is 6.92 Å². The molecule has 0 aliphatic carbocycles. The van der Waals surface area contributed by atoms with Crippen molar-refractivity contribution in [1.29, 1.82) is 0 Å². The van der Waals surface area contributed by atoms with Gasteiger partial charge in [-0.25, -0.2) is 0 Å². The van der Waals surface area contributed by atoms with E-state index in [2.05, 4.69) is 53.5 Å². The van der Waals surface area contributed by atoms with E-state index in [1.54, 1.807) is 6.20 Å². The Morgan fingerprint density at radius 1 is 1.13 bits per heavy atom. The van der Waals surface area contributed by atoms with Crippen LogP contribution >= 0.6 is 0 Å². The van der Waals surface area contributed by atoms with Crippen LogP contribution in [-0.2, 0) is 11.3 Å². The Balaban J connectivity index is 1.49. The molecule has 1 N–H and O–H groups in total. The summed E-state index contributed by atoms with van der Waals surface area (Å²) in [7, 11) is 0. The monoisotopic (exact) mass is 400 g/mol. The van der Waals surface area contributed by atoms with E-state index in [9.17, 15) is 4.79 Å². The van der Waals surface area contributed by atoms with Crippen molar-refractivity contribution in [2.45, 2.75) is 39.2 Å². The second kappa shape index (κ2) is 9.18. The fourth-order valence-electron chi connectivity index (χ4n) is 4.24. The molecule has 5 nitrogen and oxygen atoms in total. The fraction of sp³-hybridized carbons (Fsp3) is 0.320. The molecule has 1 aromatic heterocycles. The first-order valence-corrected chi connectivity index (χ1v) is 10.6. The number of carbonyl (C=O) groups excluding carboxylic acids is 1. The molecule has 0 radical (unpaired) electrons. The third-order valence-electron chi connectivity index (χ3n) is 5.59. The van der Waals surface area contributed by atoms with Gasteiger partial charge < -0.3 is 5.32 Å². The number of nitrogens with zero attached hydrogens (tertiary/aromatic N) is 3. The molecule has 1 fully saturated rings. The molecule has 0 saturated carbocycles. The number of amides is 1. The molecule has 154 valence electrons. The minimum atomic E-state index is -0.0463. The van der Waals surface area contributed by atoms with Crippen molar-refractivity contribution in [3.05, 3.63) is 77.7 Å². The highest BCUT2D eigenvalue weighted by Gasteiger charge is 2.25. The van der Waals surface area contributed by atoms with Gasteiger partial charge in [0, 0.05) is 49.6 Å². The van der Waals surface area contributed by atoms with E-state index in [0.717, 1.165) is 55.1 Å². The molecule has 3 aromatic rings. The van der Waals surface area contributed by atoms with E-state index in [1.165, 1.54) is 18.1 Å². The van der Waals surface area contributed by atoms with Crippen LogP contribution in [0.4, 0.5) is 5.69 Å². The molecule has 4 rings (SSSR count). The number of aromatic nitrogens is 2. The average molecular weight is 401 g/mol. The second-order valence-electron chi connectivity index (χ2n) is 8.11. The van der Waals surface area contributed by atoms with Crippen LogP contribution in [0.15, 0.2) is 60.9 Å². The summed E-state index contributed by atoms with van der Waals surface area (Å²) < 4.78 is 0. The lowest BCUT2D eigenvalue weighted by atomic mass is 9.91. The molecule has 1 aliphatic rings. The van der Waals surface area contributed by atoms with Gasteiger partial charge in [0.25, 0.3) is 0 Å². The van der Waals surface area contributed by atoms with Crippen molar-refractivity contribution >= 4 is 11.6 Å². The molecular weight excluding hydrogens is 372 g/mol. The average Bonchev–Trinajstić information content (AvgIpc) is 2.75. The lowest BCUT2D eigenvalue weighted by Gasteiger charge is -2.33. The lowest BCUT2D eigenvalue weighted by molar-refractivity contribution is -0.114. The lowest BCUT2D eigenvalue weighted by Crippen LogP contribution is -2.34. The van der Waals surface area contributed by atoms with Crippen LogP contribution in [0.3, 0.4) is 0 Å². The van der Waals surface area contributed by atoms with Crippen LogP contribution in [0.5, 0.6) is 0 Å². The van der Waals surface area contributed by atoms with Crippen molar-refractivity contribution in [3.8, 4) is 11.3 Å². The van der Waals surface area contributed by atoms with E-state index < -0.39 is 0 Å². The maximum absolute atomic E-state index is 11.2. The van der Waals surface area contributed by atoms with Crippen molar-refractivity contribution < 1.29 is 4.79 Å². The van der Waals surface area contributed by atoms with Crippen LogP contribution in [0.1, 0.15) is 42.5 Å². The number of nitrogens with one attached hydrogen (secondary N) is 1. The zero-order chi connectivity index (χ0) is 20.9. The molecule has 1 atom stereocenters. The number of hydrogen-bond donors (Lipinski definition) is 1. The number of hydrogen-bond acceptors (Lipinski definition) is 4. The first-order valence-electron chi connectivity index (χ1n) is 10.6. The molecule has 1 saturated heterocycles. The number of rotatable bonds is 5. The molecule has 1 aliphatic heterocycles. The van der Waals surface area contributed by atoms with Crippen molar-refractivity contribution in [2.75, 3.05) is 18.4 Å². The van der Waals surface area contributed by atoms with Gasteiger partial charge in [-0.3, -0.25) is 19.7 Å². The zero-order valence-corrected chi connectivity index (χ0v) is 17.6. The summed E-state index contributed by atoms with van der Waals surface area (Å²) in [5.41, 5.74) is 6.58. The maximum Gasteiger partial charge on any atom is 0.221 e. The minimum absolute atomic E-state index is 0.0463. The number of piperidine rings is 1. The molecule has 2 heterocycles. The molecule has 1 unspecified atom stereocenters. The highest BCUT2D eigenvalue weighted by atomic mass is 16.1. The topological polar surface area (TPSA) is 58.1 Å². The number of likely N-dealkylation sites (tertiary alicyclic amines) is 1. The van der Waals surface area contributed by atoms with Gasteiger partial charge in [-0.1, -0.05) is 35.9 Å². The minimum Gasteiger partial charge on any atom is -0.326 e. The van der Waals surface area contributed by atoms with Gasteiger partial charge in [-0.2, -0.15) is 0 Å². The molecule has 30 heavy (non-hydrogen) atoms. The smallest absolute Gasteiger partial charge is 0.221 e. The first kappa shape index (κ1) is 20.2. The van der Waals surface area contributed by atoms with E-state index in [-0.39, 0.29) is 5.91 Å². The summed E-state index contributed by atoms with van der Waals surface area (Å²) in [5, 5.41) is 2.82. The highest BCUT2D eigenvalue weighted by molar-refractivity contribution is 5.88. The predicted octanol–water partition coefficient (Wildman–Crippen LogP) is 4.79. The molecule has 0 bridgehead atoms. The third kappa shape index (κ3) is 4.92. The second-order valence-corrected chi connectivity index (χ2v) is 8.11. The largest absolute Gasteiger partial charge is 0.326 e. The summed E-state index contributed by atoms with van der Waals surface area (Å²) >= 11 is 0. The molecule has 2 aromatic carbocycles. The van der Waals surface area contributed by atoms with Gasteiger partial charge >= 0.3 is 0 Å². The first-order chi connectivity index (χ1) is 14.6. The van der Waals surface area contributed by atoms with Crippen molar-refractivity contribution in [1.82, 2.24) is 14.9 Å². The van der Waals surface area contributed by atoms with E-state index in [4.69, 9.17) is 9.97 Å². The molecule has 1 amide bonds.